The fourth-order valence-electron chi connectivity index (χ4n) is 2.04. The van der Waals surface area contributed by atoms with E-state index in [1.54, 1.807) is 12.1 Å². The van der Waals surface area contributed by atoms with E-state index < -0.39 is 0 Å². The number of nitrogens with one attached hydrogen (secondary N) is 1. The Labute approximate surface area is 127 Å². The van der Waals surface area contributed by atoms with Gasteiger partial charge in [0.2, 0.25) is 0 Å². The van der Waals surface area contributed by atoms with E-state index in [0.717, 1.165) is 23.5 Å². The third-order valence-corrected chi connectivity index (χ3v) is 4.26. The van der Waals surface area contributed by atoms with Gasteiger partial charge in [0.25, 0.3) is 0 Å². The van der Waals surface area contributed by atoms with Crippen LogP contribution in [-0.4, -0.2) is 16.1 Å². The molecule has 0 radical (unpaired) electrons. The summed E-state index contributed by atoms with van der Waals surface area (Å²) in [7, 11) is 0. The van der Waals surface area contributed by atoms with Gasteiger partial charge in [-0.05, 0) is 55.5 Å². The average molecular weight is 314 g/mol. The number of nitrogens with zero attached hydrogens (tertiary/aromatic N) is 2. The molecule has 0 saturated heterocycles. The molecule has 0 fully saturated rings. The van der Waals surface area contributed by atoms with Gasteiger partial charge in [-0.25, -0.2) is 4.39 Å². The van der Waals surface area contributed by atoms with Gasteiger partial charge < -0.3 is 5.32 Å². The standard InChI is InChI=1S/C14H17ClFN3S/c1-3-6-17-13(14-9(2)18-19-20-14)7-10-4-5-11(15)8-12(10)16/h4-5,8,13,17H,3,6-7H2,1-2H3. The molecule has 0 spiro atoms. The first-order chi connectivity index (χ1) is 9.61. The second-order valence-electron chi connectivity index (χ2n) is 4.67. The van der Waals surface area contributed by atoms with Crippen molar-refractivity contribution >= 4 is 23.1 Å². The number of aromatic nitrogens is 2. The lowest BCUT2D eigenvalue weighted by Gasteiger charge is -2.17. The zero-order chi connectivity index (χ0) is 14.5. The van der Waals surface area contributed by atoms with Crippen molar-refractivity contribution in [3.05, 3.63) is 45.2 Å². The van der Waals surface area contributed by atoms with Gasteiger partial charge in [-0.1, -0.05) is 29.1 Å². The number of rotatable bonds is 6. The average Bonchev–Trinajstić information content (AvgIpc) is 2.83. The van der Waals surface area contributed by atoms with E-state index in [4.69, 9.17) is 11.6 Å². The van der Waals surface area contributed by atoms with E-state index in [2.05, 4.69) is 21.8 Å². The summed E-state index contributed by atoms with van der Waals surface area (Å²) in [6.07, 6.45) is 1.58. The Kier molecular flexibility index (Phi) is 5.46. The van der Waals surface area contributed by atoms with Crippen LogP contribution in [0.5, 0.6) is 0 Å². The summed E-state index contributed by atoms with van der Waals surface area (Å²) < 4.78 is 17.9. The van der Waals surface area contributed by atoms with Gasteiger partial charge in [0.05, 0.1) is 10.6 Å². The highest BCUT2D eigenvalue weighted by Crippen LogP contribution is 2.25. The third-order valence-electron chi connectivity index (χ3n) is 3.08. The summed E-state index contributed by atoms with van der Waals surface area (Å²) in [4.78, 5) is 1.06. The maximum Gasteiger partial charge on any atom is 0.127 e. The van der Waals surface area contributed by atoms with Crippen molar-refractivity contribution in [1.29, 1.82) is 0 Å². The fourth-order valence-corrected chi connectivity index (χ4v) is 2.92. The Morgan fingerprint density at radius 3 is 2.85 bits per heavy atom. The van der Waals surface area contributed by atoms with Gasteiger partial charge in [0.15, 0.2) is 0 Å². The van der Waals surface area contributed by atoms with Crippen LogP contribution in [0, 0.1) is 12.7 Å². The molecule has 0 amide bonds. The van der Waals surface area contributed by atoms with E-state index in [-0.39, 0.29) is 11.9 Å². The second-order valence-corrected chi connectivity index (χ2v) is 5.89. The van der Waals surface area contributed by atoms with Crippen molar-refractivity contribution in [2.45, 2.75) is 32.7 Å². The van der Waals surface area contributed by atoms with E-state index in [9.17, 15) is 4.39 Å². The minimum atomic E-state index is -0.268. The van der Waals surface area contributed by atoms with Crippen molar-refractivity contribution in [3.8, 4) is 0 Å². The molecule has 0 bridgehead atoms. The third kappa shape index (κ3) is 3.75. The molecule has 1 aromatic carbocycles. The molecule has 1 heterocycles. The van der Waals surface area contributed by atoms with Crippen LogP contribution in [0.2, 0.25) is 5.02 Å². The van der Waals surface area contributed by atoms with Crippen molar-refractivity contribution in [3.63, 3.8) is 0 Å². The predicted octanol–water partition coefficient (Wildman–Crippen LogP) is 3.92. The molecule has 2 rings (SSSR count). The first-order valence-corrected chi connectivity index (χ1v) is 7.73. The maximum absolute atomic E-state index is 13.9. The van der Waals surface area contributed by atoms with Crippen LogP contribution in [-0.2, 0) is 6.42 Å². The Hall–Kier alpha value is -1.04. The number of hydrogen-bond donors (Lipinski definition) is 1. The monoisotopic (exact) mass is 313 g/mol. The van der Waals surface area contributed by atoms with E-state index in [0.29, 0.717) is 17.0 Å². The van der Waals surface area contributed by atoms with Crippen molar-refractivity contribution in [1.82, 2.24) is 14.9 Å². The minimum Gasteiger partial charge on any atom is -0.309 e. The highest BCUT2D eigenvalue weighted by Gasteiger charge is 2.18. The molecular formula is C14H17ClFN3S. The highest BCUT2D eigenvalue weighted by atomic mass is 35.5. The molecule has 3 nitrogen and oxygen atoms in total. The smallest absolute Gasteiger partial charge is 0.127 e. The number of aryl methyl sites for hydroxylation is 1. The van der Waals surface area contributed by atoms with Gasteiger partial charge in [0, 0.05) is 11.1 Å². The first-order valence-electron chi connectivity index (χ1n) is 6.58. The zero-order valence-corrected chi connectivity index (χ0v) is 13.1. The molecule has 2 aromatic rings. The molecule has 1 aromatic heterocycles. The van der Waals surface area contributed by atoms with Crippen molar-refractivity contribution in [2.75, 3.05) is 6.54 Å². The normalized spacial score (nSPS) is 12.6. The molecule has 0 aliphatic rings. The lowest BCUT2D eigenvalue weighted by Crippen LogP contribution is -2.24. The summed E-state index contributed by atoms with van der Waals surface area (Å²) in [5.41, 5.74) is 1.55. The molecule has 0 aliphatic carbocycles. The lowest BCUT2D eigenvalue weighted by molar-refractivity contribution is 0.516. The SMILES string of the molecule is CCCNC(Cc1ccc(Cl)cc1F)c1snnc1C. The molecule has 1 unspecified atom stereocenters. The van der Waals surface area contributed by atoms with Gasteiger partial charge >= 0.3 is 0 Å². The van der Waals surface area contributed by atoms with Crippen molar-refractivity contribution < 1.29 is 4.39 Å². The summed E-state index contributed by atoms with van der Waals surface area (Å²) in [5, 5.41) is 7.89. The van der Waals surface area contributed by atoms with Crippen LogP contribution < -0.4 is 5.32 Å². The fraction of sp³-hybridized carbons (Fsp3) is 0.429. The topological polar surface area (TPSA) is 37.8 Å². The molecular weight excluding hydrogens is 297 g/mol. The van der Waals surface area contributed by atoms with Crippen LogP contribution >= 0.6 is 23.1 Å². The molecule has 6 heteroatoms. The van der Waals surface area contributed by atoms with Gasteiger partial charge in [-0.15, -0.1) is 5.10 Å². The molecule has 108 valence electrons. The van der Waals surface area contributed by atoms with Crippen LogP contribution in [0.1, 0.15) is 35.5 Å². The summed E-state index contributed by atoms with van der Waals surface area (Å²) in [6.45, 7) is 4.90. The molecule has 1 atom stereocenters. The summed E-state index contributed by atoms with van der Waals surface area (Å²) in [5.74, 6) is -0.268. The minimum absolute atomic E-state index is 0.0330. The van der Waals surface area contributed by atoms with E-state index in [1.807, 2.05) is 6.92 Å². The van der Waals surface area contributed by atoms with E-state index >= 15 is 0 Å². The van der Waals surface area contributed by atoms with Gasteiger partial charge in [-0.2, -0.15) is 0 Å². The van der Waals surface area contributed by atoms with Gasteiger partial charge in [0.1, 0.15) is 5.82 Å². The van der Waals surface area contributed by atoms with Crippen LogP contribution in [0.3, 0.4) is 0 Å². The van der Waals surface area contributed by atoms with Crippen LogP contribution in [0.4, 0.5) is 4.39 Å². The van der Waals surface area contributed by atoms with Crippen LogP contribution in [0.15, 0.2) is 18.2 Å². The lowest BCUT2D eigenvalue weighted by atomic mass is 10.0. The quantitative estimate of drug-likeness (QED) is 0.878. The van der Waals surface area contributed by atoms with Gasteiger partial charge in [-0.3, -0.25) is 0 Å². The second kappa shape index (κ2) is 7.11. The summed E-state index contributed by atoms with van der Waals surface area (Å²) in [6, 6.07) is 4.84. The molecule has 20 heavy (non-hydrogen) atoms. The van der Waals surface area contributed by atoms with E-state index in [1.165, 1.54) is 17.6 Å². The van der Waals surface area contributed by atoms with Crippen LogP contribution in [0.25, 0.3) is 0 Å². The molecule has 0 saturated carbocycles. The number of benzene rings is 1. The number of halogens is 2. The molecule has 0 aliphatic heterocycles. The molecule has 1 N–H and O–H groups in total. The highest BCUT2D eigenvalue weighted by molar-refractivity contribution is 7.05. The Balaban J connectivity index is 2.21. The summed E-state index contributed by atoms with van der Waals surface area (Å²) >= 11 is 7.15. The first kappa shape index (κ1) is 15.4. The maximum atomic E-state index is 13.9. The van der Waals surface area contributed by atoms with Crippen molar-refractivity contribution in [2.24, 2.45) is 0 Å². The Morgan fingerprint density at radius 1 is 1.45 bits per heavy atom. The Bertz CT molecular complexity index is 573. The zero-order valence-electron chi connectivity index (χ0n) is 11.5. The largest absolute Gasteiger partial charge is 0.309 e. The Morgan fingerprint density at radius 2 is 2.25 bits per heavy atom. The predicted molar refractivity (Wildman–Crippen MR) is 80.8 cm³/mol. The number of hydrogen-bond acceptors (Lipinski definition) is 4.